The number of hydrogen-bond acceptors (Lipinski definition) is 5. The lowest BCUT2D eigenvalue weighted by molar-refractivity contribution is -0.140. The Kier molecular flexibility index (Phi) is 3.78. The molecule has 4 aliphatic rings. The van der Waals surface area contributed by atoms with Crippen molar-refractivity contribution in [1.82, 2.24) is 10.2 Å². The van der Waals surface area contributed by atoms with Crippen molar-refractivity contribution < 1.29 is 9.53 Å². The summed E-state index contributed by atoms with van der Waals surface area (Å²) in [6.07, 6.45) is 7.19. The molecule has 1 aromatic carbocycles. The van der Waals surface area contributed by atoms with Crippen molar-refractivity contribution in [3.63, 3.8) is 0 Å². The highest BCUT2D eigenvalue weighted by atomic mass is 32.1. The third-order valence-corrected chi connectivity index (χ3v) is 7.37. The van der Waals surface area contributed by atoms with Gasteiger partial charge in [-0.1, -0.05) is 23.5 Å². The Morgan fingerprint density at radius 3 is 2.42 bits per heavy atom. The number of benzene rings is 1. The number of carbonyl (C=O) groups is 1. The van der Waals surface area contributed by atoms with Gasteiger partial charge in [0.05, 0.1) is 18.1 Å². The molecule has 1 aromatic heterocycles. The van der Waals surface area contributed by atoms with Crippen molar-refractivity contribution in [2.45, 2.75) is 38.5 Å². The van der Waals surface area contributed by atoms with Crippen LogP contribution in [-0.4, -0.2) is 23.2 Å². The van der Waals surface area contributed by atoms with Gasteiger partial charge in [-0.25, -0.2) is 0 Å². The Morgan fingerprint density at radius 1 is 1.12 bits per heavy atom. The molecule has 0 atom stereocenters. The number of ether oxygens (including phenoxy) is 1. The lowest BCUT2D eigenvalue weighted by Crippen LogP contribution is -2.51. The first-order chi connectivity index (χ1) is 12.6. The van der Waals surface area contributed by atoms with Crippen molar-refractivity contribution in [3.05, 3.63) is 24.3 Å². The SMILES string of the molecule is COc1ccccc1-c1nnc(NC(=O)C23CC4CC(CC(C4)C2)C3)s1. The van der Waals surface area contributed by atoms with Crippen molar-refractivity contribution in [2.75, 3.05) is 12.4 Å². The van der Waals surface area contributed by atoms with Crippen LogP contribution in [0.4, 0.5) is 5.13 Å². The summed E-state index contributed by atoms with van der Waals surface area (Å²) >= 11 is 1.41. The van der Waals surface area contributed by atoms with Crippen molar-refractivity contribution in [2.24, 2.45) is 23.2 Å². The molecule has 0 unspecified atom stereocenters. The summed E-state index contributed by atoms with van der Waals surface area (Å²) in [4.78, 5) is 13.1. The van der Waals surface area contributed by atoms with E-state index < -0.39 is 0 Å². The van der Waals surface area contributed by atoms with Crippen LogP contribution in [0.3, 0.4) is 0 Å². The van der Waals surface area contributed by atoms with Crippen LogP contribution >= 0.6 is 11.3 Å². The van der Waals surface area contributed by atoms with E-state index in [1.807, 2.05) is 24.3 Å². The summed E-state index contributed by atoms with van der Waals surface area (Å²) in [7, 11) is 1.65. The molecule has 1 heterocycles. The van der Waals surface area contributed by atoms with Gasteiger partial charge in [0.25, 0.3) is 0 Å². The van der Waals surface area contributed by atoms with E-state index in [0.29, 0.717) is 5.13 Å². The molecule has 6 heteroatoms. The molecule has 4 saturated carbocycles. The summed E-state index contributed by atoms with van der Waals surface area (Å²) in [6, 6.07) is 7.75. The van der Waals surface area contributed by atoms with Crippen LogP contribution < -0.4 is 10.1 Å². The van der Waals surface area contributed by atoms with Crippen LogP contribution in [-0.2, 0) is 4.79 Å². The molecule has 6 rings (SSSR count). The Balaban J connectivity index is 1.36. The number of para-hydroxylation sites is 1. The number of anilines is 1. The number of hydrogen-bond donors (Lipinski definition) is 1. The summed E-state index contributed by atoms with van der Waals surface area (Å²) < 4.78 is 5.41. The molecule has 26 heavy (non-hydrogen) atoms. The first-order valence-corrected chi connectivity index (χ1v) is 10.3. The van der Waals surface area contributed by atoms with E-state index in [-0.39, 0.29) is 11.3 Å². The molecule has 4 bridgehead atoms. The van der Waals surface area contributed by atoms with E-state index in [1.54, 1.807) is 7.11 Å². The Bertz CT molecular complexity index is 812. The lowest BCUT2D eigenvalue weighted by Gasteiger charge is -2.55. The number of methoxy groups -OCH3 is 1. The highest BCUT2D eigenvalue weighted by Crippen LogP contribution is 2.60. The third-order valence-electron chi connectivity index (χ3n) is 6.50. The third kappa shape index (κ3) is 2.62. The normalized spacial score (nSPS) is 31.8. The topological polar surface area (TPSA) is 64.1 Å². The number of rotatable bonds is 4. The second kappa shape index (κ2) is 6.05. The maximum atomic E-state index is 13.1. The van der Waals surface area contributed by atoms with Gasteiger partial charge in [-0.15, -0.1) is 10.2 Å². The van der Waals surface area contributed by atoms with E-state index in [9.17, 15) is 4.79 Å². The fourth-order valence-electron chi connectivity index (χ4n) is 5.82. The largest absolute Gasteiger partial charge is 0.496 e. The minimum Gasteiger partial charge on any atom is -0.496 e. The maximum Gasteiger partial charge on any atom is 0.232 e. The molecule has 1 amide bonds. The molecule has 0 saturated heterocycles. The fourth-order valence-corrected chi connectivity index (χ4v) is 6.59. The van der Waals surface area contributed by atoms with Gasteiger partial charge >= 0.3 is 0 Å². The second-order valence-corrected chi connectivity index (χ2v) is 9.24. The van der Waals surface area contributed by atoms with Gasteiger partial charge in [-0.2, -0.15) is 0 Å². The average Bonchev–Trinajstić information content (AvgIpc) is 3.09. The van der Waals surface area contributed by atoms with E-state index in [1.165, 1.54) is 30.6 Å². The quantitative estimate of drug-likeness (QED) is 0.869. The van der Waals surface area contributed by atoms with Gasteiger partial charge in [-0.05, 0) is 68.4 Å². The van der Waals surface area contributed by atoms with E-state index in [2.05, 4.69) is 15.5 Å². The van der Waals surface area contributed by atoms with E-state index in [0.717, 1.165) is 53.3 Å². The zero-order valence-electron chi connectivity index (χ0n) is 14.9. The van der Waals surface area contributed by atoms with Gasteiger partial charge in [0.15, 0.2) is 5.01 Å². The Hall–Kier alpha value is -1.95. The first-order valence-electron chi connectivity index (χ1n) is 9.43. The molecule has 2 aromatic rings. The fraction of sp³-hybridized carbons (Fsp3) is 0.550. The number of nitrogens with one attached hydrogen (secondary N) is 1. The van der Waals surface area contributed by atoms with Gasteiger partial charge < -0.3 is 10.1 Å². The van der Waals surface area contributed by atoms with Crippen molar-refractivity contribution in [3.8, 4) is 16.3 Å². The van der Waals surface area contributed by atoms with Gasteiger partial charge in [0.2, 0.25) is 11.0 Å². The summed E-state index contributed by atoms with van der Waals surface area (Å²) in [5.74, 6) is 3.20. The number of amides is 1. The molecule has 0 radical (unpaired) electrons. The summed E-state index contributed by atoms with van der Waals surface area (Å²) in [5, 5.41) is 12.9. The minimum atomic E-state index is -0.162. The second-order valence-electron chi connectivity index (χ2n) is 8.26. The molecule has 5 nitrogen and oxygen atoms in total. The van der Waals surface area contributed by atoms with Crippen LogP contribution in [0.15, 0.2) is 24.3 Å². The van der Waals surface area contributed by atoms with Crippen LogP contribution in [0.2, 0.25) is 0 Å². The molecule has 4 aliphatic carbocycles. The average molecular weight is 369 g/mol. The predicted molar refractivity (Wildman–Crippen MR) is 101 cm³/mol. The summed E-state index contributed by atoms with van der Waals surface area (Å²) in [5.41, 5.74) is 0.744. The van der Waals surface area contributed by atoms with Crippen LogP contribution in [0.1, 0.15) is 38.5 Å². The highest BCUT2D eigenvalue weighted by Gasteiger charge is 2.54. The zero-order chi connectivity index (χ0) is 17.7. The molecule has 1 N–H and O–H groups in total. The highest BCUT2D eigenvalue weighted by molar-refractivity contribution is 7.18. The Labute approximate surface area is 157 Å². The van der Waals surface area contributed by atoms with Crippen LogP contribution in [0, 0.1) is 23.2 Å². The predicted octanol–water partition coefficient (Wildman–Crippen LogP) is 4.37. The molecule has 136 valence electrons. The van der Waals surface area contributed by atoms with Crippen molar-refractivity contribution in [1.29, 1.82) is 0 Å². The molecule has 0 spiro atoms. The monoisotopic (exact) mass is 369 g/mol. The smallest absolute Gasteiger partial charge is 0.232 e. The van der Waals surface area contributed by atoms with E-state index in [4.69, 9.17) is 4.74 Å². The number of carbonyl (C=O) groups excluding carboxylic acids is 1. The minimum absolute atomic E-state index is 0.162. The molecule has 0 aliphatic heterocycles. The van der Waals surface area contributed by atoms with E-state index >= 15 is 0 Å². The first kappa shape index (κ1) is 16.2. The standard InChI is InChI=1S/C20H23N3O2S/c1-25-16-5-3-2-4-15(16)17-22-23-19(26-17)21-18(24)20-9-12-6-13(10-20)8-14(7-12)11-20/h2-5,12-14H,6-11H2,1H3,(H,21,23,24). The van der Waals surface area contributed by atoms with Gasteiger partial charge in [0, 0.05) is 0 Å². The van der Waals surface area contributed by atoms with Crippen LogP contribution in [0.25, 0.3) is 10.6 Å². The van der Waals surface area contributed by atoms with Crippen molar-refractivity contribution >= 4 is 22.4 Å². The van der Waals surface area contributed by atoms with Gasteiger partial charge in [0.1, 0.15) is 5.75 Å². The lowest BCUT2D eigenvalue weighted by atomic mass is 9.49. The van der Waals surface area contributed by atoms with Gasteiger partial charge in [-0.3, -0.25) is 4.79 Å². The number of nitrogens with zero attached hydrogens (tertiary/aromatic N) is 2. The molecule has 4 fully saturated rings. The Morgan fingerprint density at radius 2 is 1.77 bits per heavy atom. The molecular formula is C20H23N3O2S. The summed E-state index contributed by atoms with van der Waals surface area (Å²) in [6.45, 7) is 0. The van der Waals surface area contributed by atoms with Crippen LogP contribution in [0.5, 0.6) is 5.75 Å². The molecular weight excluding hydrogens is 346 g/mol. The maximum absolute atomic E-state index is 13.1. The number of aromatic nitrogens is 2. The zero-order valence-corrected chi connectivity index (χ0v) is 15.7.